The number of hydrogen-bond acceptors (Lipinski definition) is 4. The summed E-state index contributed by atoms with van der Waals surface area (Å²) < 4.78 is 6.97. The number of hydrogen-bond donors (Lipinski definition) is 1. The third-order valence-corrected chi connectivity index (χ3v) is 6.73. The van der Waals surface area contributed by atoms with Crippen LogP contribution in [0.3, 0.4) is 0 Å². The molecule has 0 saturated heterocycles. The molecule has 0 spiro atoms. The van der Waals surface area contributed by atoms with Gasteiger partial charge < -0.3 is 10.1 Å². The molecule has 0 radical (unpaired) electrons. The molecule has 1 N–H and O–H groups in total. The predicted molar refractivity (Wildman–Crippen MR) is 123 cm³/mol. The van der Waals surface area contributed by atoms with Gasteiger partial charge in [0.05, 0.1) is 24.9 Å². The van der Waals surface area contributed by atoms with Crippen LogP contribution in [-0.2, 0) is 9.53 Å². The van der Waals surface area contributed by atoms with E-state index in [2.05, 4.69) is 10.4 Å². The van der Waals surface area contributed by atoms with Gasteiger partial charge in [-0.3, -0.25) is 9.48 Å². The maximum absolute atomic E-state index is 12.8. The standard InChI is InChI=1S/C25H24ClN3O3/c1-32-25(31)23-11-18(9-10-20(23)16-13-27-29(14-16)19-3-2-4-19)28-24(30)22-12-21(22)15-5-7-17(26)8-6-15/h5-11,13-14,19,21-22H,2-4,12H2,1H3,(H,28,30). The van der Waals surface area contributed by atoms with Crippen molar-refractivity contribution in [1.82, 2.24) is 9.78 Å². The SMILES string of the molecule is COC(=O)c1cc(NC(=O)C2CC2c2ccc(Cl)cc2)ccc1-c1cnn(C2CCC2)c1. The monoisotopic (exact) mass is 449 g/mol. The molecule has 2 aliphatic rings. The quantitative estimate of drug-likeness (QED) is 0.507. The van der Waals surface area contributed by atoms with E-state index in [1.165, 1.54) is 13.5 Å². The fraction of sp³-hybridized carbons (Fsp3) is 0.320. The van der Waals surface area contributed by atoms with Crippen molar-refractivity contribution in [2.45, 2.75) is 37.6 Å². The van der Waals surface area contributed by atoms with Gasteiger partial charge in [0.15, 0.2) is 0 Å². The number of nitrogens with zero attached hydrogens (tertiary/aromatic N) is 2. The van der Waals surface area contributed by atoms with E-state index in [0.717, 1.165) is 36.0 Å². The van der Waals surface area contributed by atoms with E-state index in [9.17, 15) is 9.59 Å². The highest BCUT2D eigenvalue weighted by Crippen LogP contribution is 2.48. The molecule has 6 nitrogen and oxygen atoms in total. The first-order chi connectivity index (χ1) is 15.5. The maximum atomic E-state index is 12.8. The smallest absolute Gasteiger partial charge is 0.338 e. The van der Waals surface area contributed by atoms with Gasteiger partial charge in [0.2, 0.25) is 5.91 Å². The number of ether oxygens (including phenoxy) is 1. The largest absolute Gasteiger partial charge is 0.465 e. The number of benzene rings is 2. The Labute approximate surface area is 191 Å². The van der Waals surface area contributed by atoms with Gasteiger partial charge in [-0.05, 0) is 67.0 Å². The van der Waals surface area contributed by atoms with Gasteiger partial charge in [-0.2, -0.15) is 5.10 Å². The number of carbonyl (C=O) groups excluding carboxylic acids is 2. The highest BCUT2D eigenvalue weighted by atomic mass is 35.5. The number of nitrogens with one attached hydrogen (secondary N) is 1. The zero-order chi connectivity index (χ0) is 22.2. The Bertz CT molecular complexity index is 1170. The van der Waals surface area contributed by atoms with Crippen LogP contribution in [0.15, 0.2) is 54.9 Å². The third-order valence-electron chi connectivity index (χ3n) is 6.48. The second-order valence-corrected chi connectivity index (χ2v) is 8.97. The fourth-order valence-corrected chi connectivity index (χ4v) is 4.40. The van der Waals surface area contributed by atoms with Gasteiger partial charge in [0.1, 0.15) is 0 Å². The number of amides is 1. The van der Waals surface area contributed by atoms with Crippen molar-refractivity contribution in [3.05, 3.63) is 71.0 Å². The lowest BCUT2D eigenvalue weighted by Crippen LogP contribution is -2.17. The molecular formula is C25H24ClN3O3. The minimum atomic E-state index is -0.446. The van der Waals surface area contributed by atoms with Gasteiger partial charge in [-0.15, -0.1) is 0 Å². The van der Waals surface area contributed by atoms with E-state index in [0.29, 0.717) is 22.3 Å². The lowest BCUT2D eigenvalue weighted by atomic mass is 9.93. The van der Waals surface area contributed by atoms with Crippen LogP contribution in [0.4, 0.5) is 5.69 Å². The minimum absolute atomic E-state index is 0.0497. The molecule has 2 fully saturated rings. The third kappa shape index (κ3) is 4.02. The molecule has 5 rings (SSSR count). The first kappa shape index (κ1) is 20.8. The van der Waals surface area contributed by atoms with Crippen molar-refractivity contribution < 1.29 is 14.3 Å². The summed E-state index contributed by atoms with van der Waals surface area (Å²) in [4.78, 5) is 25.3. The number of methoxy groups -OCH3 is 1. The summed E-state index contributed by atoms with van der Waals surface area (Å²) in [7, 11) is 1.36. The Morgan fingerprint density at radius 1 is 1.16 bits per heavy atom. The van der Waals surface area contributed by atoms with E-state index < -0.39 is 5.97 Å². The summed E-state index contributed by atoms with van der Waals surface area (Å²) in [6.07, 6.45) is 8.05. The summed E-state index contributed by atoms with van der Waals surface area (Å²) in [6.45, 7) is 0. The normalized spacial score (nSPS) is 19.8. The van der Waals surface area contributed by atoms with Gasteiger partial charge >= 0.3 is 5.97 Å². The maximum Gasteiger partial charge on any atom is 0.338 e. The Kier molecular flexibility index (Phi) is 5.47. The number of esters is 1. The van der Waals surface area contributed by atoms with E-state index >= 15 is 0 Å². The Morgan fingerprint density at radius 2 is 1.94 bits per heavy atom. The van der Waals surface area contributed by atoms with Crippen molar-refractivity contribution >= 4 is 29.2 Å². The molecule has 2 atom stereocenters. The minimum Gasteiger partial charge on any atom is -0.465 e. The summed E-state index contributed by atoms with van der Waals surface area (Å²) in [6, 6.07) is 13.4. The molecule has 2 aromatic carbocycles. The Balaban J connectivity index is 1.33. The second kappa shape index (κ2) is 8.43. The van der Waals surface area contributed by atoms with Gasteiger partial charge in [-0.1, -0.05) is 29.8 Å². The van der Waals surface area contributed by atoms with Crippen LogP contribution in [0.2, 0.25) is 5.02 Å². The zero-order valence-corrected chi connectivity index (χ0v) is 18.5. The summed E-state index contributed by atoms with van der Waals surface area (Å²) in [5.41, 5.74) is 3.70. The van der Waals surface area contributed by atoms with Crippen LogP contribution in [0.5, 0.6) is 0 Å². The number of carbonyl (C=O) groups is 2. The number of rotatable bonds is 6. The van der Waals surface area contributed by atoms with E-state index in [-0.39, 0.29) is 17.7 Å². The zero-order valence-electron chi connectivity index (χ0n) is 17.8. The van der Waals surface area contributed by atoms with Gasteiger partial charge in [-0.25, -0.2) is 4.79 Å². The molecule has 0 bridgehead atoms. The first-order valence-corrected chi connectivity index (χ1v) is 11.2. The van der Waals surface area contributed by atoms with Crippen molar-refractivity contribution in [3.8, 4) is 11.1 Å². The van der Waals surface area contributed by atoms with E-state index in [4.69, 9.17) is 16.3 Å². The van der Waals surface area contributed by atoms with Crippen LogP contribution >= 0.6 is 11.6 Å². The second-order valence-electron chi connectivity index (χ2n) is 8.54. The van der Waals surface area contributed by atoms with Crippen molar-refractivity contribution in [1.29, 1.82) is 0 Å². The van der Waals surface area contributed by atoms with Crippen LogP contribution < -0.4 is 5.32 Å². The lowest BCUT2D eigenvalue weighted by molar-refractivity contribution is -0.117. The molecule has 1 heterocycles. The number of anilines is 1. The molecule has 164 valence electrons. The van der Waals surface area contributed by atoms with Gasteiger partial charge in [0.25, 0.3) is 0 Å². The highest BCUT2D eigenvalue weighted by Gasteiger charge is 2.43. The van der Waals surface area contributed by atoms with Crippen molar-refractivity contribution in [3.63, 3.8) is 0 Å². The summed E-state index contributed by atoms with van der Waals surface area (Å²) in [5, 5.41) is 8.12. The van der Waals surface area contributed by atoms with Crippen LogP contribution in [0.1, 0.15) is 53.6 Å². The highest BCUT2D eigenvalue weighted by molar-refractivity contribution is 6.30. The predicted octanol–water partition coefficient (Wildman–Crippen LogP) is 5.46. The van der Waals surface area contributed by atoms with Crippen LogP contribution in [0, 0.1) is 5.92 Å². The Hall–Kier alpha value is -3.12. The van der Waals surface area contributed by atoms with Crippen molar-refractivity contribution in [2.24, 2.45) is 5.92 Å². The van der Waals surface area contributed by atoms with E-state index in [1.807, 2.05) is 47.3 Å². The molecule has 32 heavy (non-hydrogen) atoms. The Morgan fingerprint density at radius 3 is 2.62 bits per heavy atom. The molecule has 0 aliphatic heterocycles. The molecule has 2 saturated carbocycles. The number of aromatic nitrogens is 2. The van der Waals surface area contributed by atoms with Crippen molar-refractivity contribution in [2.75, 3.05) is 12.4 Å². The van der Waals surface area contributed by atoms with Crippen LogP contribution in [0.25, 0.3) is 11.1 Å². The average molecular weight is 450 g/mol. The summed E-state index contributed by atoms with van der Waals surface area (Å²) >= 11 is 5.96. The fourth-order valence-electron chi connectivity index (χ4n) is 4.28. The van der Waals surface area contributed by atoms with E-state index in [1.54, 1.807) is 12.3 Å². The molecule has 1 amide bonds. The van der Waals surface area contributed by atoms with Crippen LogP contribution in [-0.4, -0.2) is 28.8 Å². The van der Waals surface area contributed by atoms with Gasteiger partial charge in [0, 0.05) is 28.4 Å². The first-order valence-electron chi connectivity index (χ1n) is 10.9. The average Bonchev–Trinajstić information content (AvgIpc) is 3.43. The summed E-state index contributed by atoms with van der Waals surface area (Å²) in [5.74, 6) is -0.383. The lowest BCUT2D eigenvalue weighted by Gasteiger charge is -2.25. The molecule has 7 heteroatoms. The molecule has 1 aromatic heterocycles. The molecule has 2 unspecified atom stereocenters. The molecular weight excluding hydrogens is 426 g/mol. The number of halogens is 1. The topological polar surface area (TPSA) is 73.2 Å². The molecule has 3 aromatic rings. The molecule has 2 aliphatic carbocycles.